The number of hydrogen-bond donors (Lipinski definition) is 0. The summed E-state index contributed by atoms with van der Waals surface area (Å²) in [7, 11) is 3.90. The van der Waals surface area contributed by atoms with Gasteiger partial charge in [0.2, 0.25) is 0 Å². The van der Waals surface area contributed by atoms with Crippen molar-refractivity contribution in [2.45, 2.75) is 6.42 Å². The Morgan fingerprint density at radius 3 is 2.61 bits per heavy atom. The van der Waals surface area contributed by atoms with E-state index in [0.29, 0.717) is 28.6 Å². The Kier molecular flexibility index (Phi) is 6.23. The number of nitro benzene ring substituents is 1. The van der Waals surface area contributed by atoms with Gasteiger partial charge in [0.1, 0.15) is 11.1 Å². The monoisotopic (exact) mass is 418 g/mol. The minimum atomic E-state index is -0.541. The largest absolute Gasteiger partial charge is 0.309 e. The predicted molar refractivity (Wildman–Crippen MR) is 113 cm³/mol. The molecule has 7 nitrogen and oxygen atoms in total. The highest BCUT2D eigenvalue weighted by Gasteiger charge is 2.27. The zero-order chi connectivity index (χ0) is 20.3. The molecule has 0 saturated heterocycles. The van der Waals surface area contributed by atoms with Gasteiger partial charge in [0, 0.05) is 12.6 Å². The van der Waals surface area contributed by atoms with E-state index in [0.717, 1.165) is 11.2 Å². The van der Waals surface area contributed by atoms with Gasteiger partial charge in [-0.15, -0.1) is 0 Å². The molecule has 1 aromatic heterocycles. The Balaban J connectivity index is 2.02. The molecular formula is C19H19ClN4O3S. The summed E-state index contributed by atoms with van der Waals surface area (Å²) in [5, 5.41) is 12.4. The van der Waals surface area contributed by atoms with Crippen LogP contribution in [0.15, 0.2) is 42.5 Å². The van der Waals surface area contributed by atoms with Gasteiger partial charge in [0.05, 0.1) is 14.6 Å². The second kappa shape index (κ2) is 8.64. The first kappa shape index (κ1) is 20.2. The smallest absolute Gasteiger partial charge is 0.282 e. The first-order valence-electron chi connectivity index (χ1n) is 8.63. The summed E-state index contributed by atoms with van der Waals surface area (Å²) in [6.45, 7) is 1.16. The summed E-state index contributed by atoms with van der Waals surface area (Å²) in [6.07, 6.45) is 0.697. The van der Waals surface area contributed by atoms with Gasteiger partial charge in [-0.3, -0.25) is 19.8 Å². The molecule has 0 fully saturated rings. The second-order valence-corrected chi connectivity index (χ2v) is 7.89. The first-order chi connectivity index (χ1) is 13.4. The van der Waals surface area contributed by atoms with Crippen LogP contribution >= 0.6 is 22.9 Å². The number of rotatable bonds is 7. The molecule has 3 rings (SSSR count). The summed E-state index contributed by atoms with van der Waals surface area (Å²) in [4.78, 5) is 32.1. The van der Waals surface area contributed by atoms with E-state index in [4.69, 9.17) is 11.6 Å². The number of anilines is 1. The maximum Gasteiger partial charge on any atom is 0.282 e. The number of nitrogens with zero attached hydrogens (tertiary/aromatic N) is 4. The van der Waals surface area contributed by atoms with Gasteiger partial charge in [0.25, 0.3) is 11.6 Å². The lowest BCUT2D eigenvalue weighted by molar-refractivity contribution is -0.385. The Hall–Kier alpha value is -2.55. The minimum Gasteiger partial charge on any atom is -0.309 e. The van der Waals surface area contributed by atoms with Crippen LogP contribution in [-0.2, 0) is 0 Å². The number of carbonyl (C=O) groups is 1. The van der Waals surface area contributed by atoms with Crippen LogP contribution in [0.4, 0.5) is 10.8 Å². The number of aromatic nitrogens is 1. The van der Waals surface area contributed by atoms with Gasteiger partial charge in [-0.05, 0) is 45.3 Å². The van der Waals surface area contributed by atoms with Crippen LogP contribution in [0.2, 0.25) is 5.02 Å². The molecule has 146 valence electrons. The van der Waals surface area contributed by atoms with Crippen molar-refractivity contribution in [2.75, 3.05) is 32.1 Å². The lowest BCUT2D eigenvalue weighted by atomic mass is 10.1. The summed E-state index contributed by atoms with van der Waals surface area (Å²) < 4.78 is 0.857. The summed E-state index contributed by atoms with van der Waals surface area (Å²) in [5.41, 5.74) is 0.448. The lowest BCUT2D eigenvalue weighted by Gasteiger charge is -2.21. The van der Waals surface area contributed by atoms with Crippen LogP contribution in [-0.4, -0.2) is 47.9 Å². The summed E-state index contributed by atoms with van der Waals surface area (Å²) in [5.74, 6) is -0.443. The van der Waals surface area contributed by atoms with E-state index in [1.807, 2.05) is 31.1 Å². The van der Waals surface area contributed by atoms with E-state index < -0.39 is 10.8 Å². The molecule has 0 aliphatic heterocycles. The van der Waals surface area contributed by atoms with Crippen LogP contribution in [0.1, 0.15) is 16.8 Å². The van der Waals surface area contributed by atoms with Crippen molar-refractivity contribution in [1.82, 2.24) is 9.88 Å². The summed E-state index contributed by atoms with van der Waals surface area (Å²) >= 11 is 7.57. The SMILES string of the molecule is CN(C)CCCN(C(=O)c1ccccc1[N+](=O)[O-])c1nc2c(Cl)cccc2s1. The van der Waals surface area contributed by atoms with Crippen LogP contribution in [0.3, 0.4) is 0 Å². The molecule has 1 amide bonds. The highest BCUT2D eigenvalue weighted by atomic mass is 35.5. The van der Waals surface area contributed by atoms with E-state index >= 15 is 0 Å². The van der Waals surface area contributed by atoms with Crippen LogP contribution < -0.4 is 4.90 Å². The van der Waals surface area contributed by atoms with Crippen molar-refractivity contribution in [3.8, 4) is 0 Å². The van der Waals surface area contributed by atoms with Crippen LogP contribution in [0.5, 0.6) is 0 Å². The van der Waals surface area contributed by atoms with Gasteiger partial charge in [-0.1, -0.05) is 41.1 Å². The van der Waals surface area contributed by atoms with Gasteiger partial charge in [-0.25, -0.2) is 4.98 Å². The average molecular weight is 419 g/mol. The standard InChI is InChI=1S/C19H19ClN4O3S/c1-22(2)11-6-12-23(18(25)13-7-3-4-9-15(13)24(26)27)19-21-17-14(20)8-5-10-16(17)28-19/h3-5,7-10H,6,11-12H2,1-2H3. The third-order valence-electron chi connectivity index (χ3n) is 4.15. The van der Waals surface area contributed by atoms with E-state index in [2.05, 4.69) is 4.98 Å². The number of nitro groups is 1. The number of benzene rings is 2. The third kappa shape index (κ3) is 4.30. The number of carbonyl (C=O) groups excluding carboxylic acids is 1. The van der Waals surface area contributed by atoms with E-state index in [9.17, 15) is 14.9 Å². The predicted octanol–water partition coefficient (Wildman–Crippen LogP) is 4.46. The minimum absolute atomic E-state index is 0.0442. The lowest BCUT2D eigenvalue weighted by Crippen LogP contribution is -2.33. The Labute approximate surface area is 171 Å². The normalized spacial score (nSPS) is 11.1. The molecule has 0 unspecified atom stereocenters. The highest BCUT2D eigenvalue weighted by molar-refractivity contribution is 7.22. The highest BCUT2D eigenvalue weighted by Crippen LogP contribution is 2.34. The Morgan fingerprint density at radius 2 is 1.93 bits per heavy atom. The Morgan fingerprint density at radius 1 is 1.18 bits per heavy atom. The second-order valence-electron chi connectivity index (χ2n) is 6.47. The van der Waals surface area contributed by atoms with Gasteiger partial charge < -0.3 is 4.90 Å². The molecule has 9 heteroatoms. The van der Waals surface area contributed by atoms with Crippen molar-refractivity contribution in [3.63, 3.8) is 0 Å². The van der Waals surface area contributed by atoms with E-state index in [-0.39, 0.29) is 11.3 Å². The molecule has 28 heavy (non-hydrogen) atoms. The maximum absolute atomic E-state index is 13.2. The molecule has 0 aliphatic rings. The van der Waals surface area contributed by atoms with E-state index in [1.54, 1.807) is 18.2 Å². The fraction of sp³-hybridized carbons (Fsp3) is 0.263. The van der Waals surface area contributed by atoms with Gasteiger partial charge in [-0.2, -0.15) is 0 Å². The molecular weight excluding hydrogens is 400 g/mol. The molecule has 3 aromatic rings. The van der Waals surface area contributed by atoms with Crippen molar-refractivity contribution >= 4 is 49.9 Å². The molecule has 0 atom stereocenters. The molecule has 0 saturated carbocycles. The number of hydrogen-bond acceptors (Lipinski definition) is 6. The maximum atomic E-state index is 13.2. The zero-order valence-electron chi connectivity index (χ0n) is 15.5. The van der Waals surface area contributed by atoms with Crippen molar-refractivity contribution in [2.24, 2.45) is 0 Å². The zero-order valence-corrected chi connectivity index (χ0v) is 17.0. The molecule has 0 radical (unpaired) electrons. The molecule has 1 heterocycles. The average Bonchev–Trinajstić information content (AvgIpc) is 3.10. The van der Waals surface area contributed by atoms with Crippen molar-refractivity contribution < 1.29 is 9.72 Å². The number of thiazole rings is 1. The van der Waals surface area contributed by atoms with E-state index in [1.165, 1.54) is 28.4 Å². The van der Waals surface area contributed by atoms with Crippen LogP contribution in [0, 0.1) is 10.1 Å². The van der Waals surface area contributed by atoms with Gasteiger partial charge >= 0.3 is 0 Å². The number of para-hydroxylation sites is 2. The molecule has 0 spiro atoms. The number of amides is 1. The quantitative estimate of drug-likeness (QED) is 0.418. The fourth-order valence-corrected chi connectivity index (χ4v) is 4.10. The molecule has 2 aromatic carbocycles. The molecule has 0 N–H and O–H groups in total. The number of halogens is 1. The van der Waals surface area contributed by atoms with Crippen LogP contribution in [0.25, 0.3) is 10.2 Å². The third-order valence-corrected chi connectivity index (χ3v) is 5.50. The first-order valence-corrected chi connectivity index (χ1v) is 9.83. The Bertz CT molecular complexity index is 1020. The van der Waals surface area contributed by atoms with Gasteiger partial charge in [0.15, 0.2) is 5.13 Å². The molecule has 0 aliphatic carbocycles. The van der Waals surface area contributed by atoms with Crippen molar-refractivity contribution in [1.29, 1.82) is 0 Å². The topological polar surface area (TPSA) is 79.6 Å². The number of fused-ring (bicyclic) bond motifs is 1. The molecule has 0 bridgehead atoms. The summed E-state index contributed by atoms with van der Waals surface area (Å²) in [6, 6.07) is 11.4. The van der Waals surface area contributed by atoms with Crippen molar-refractivity contribution in [3.05, 3.63) is 63.2 Å². The fourth-order valence-electron chi connectivity index (χ4n) is 2.81.